The number of aliphatic hydroxyl groups excluding tert-OH is 1. The molecule has 174 valence electrons. The van der Waals surface area contributed by atoms with Crippen molar-refractivity contribution in [1.29, 1.82) is 0 Å². The first-order valence-corrected chi connectivity index (χ1v) is 11.4. The fourth-order valence-corrected chi connectivity index (χ4v) is 3.58. The Hall–Kier alpha value is -2.80. The molecule has 1 unspecified atom stereocenters. The highest BCUT2D eigenvalue weighted by molar-refractivity contribution is 6.38. The summed E-state index contributed by atoms with van der Waals surface area (Å²) in [6.07, 6.45) is 16.1. The number of aryl methyl sites for hydroxylation is 1. The third-order valence-corrected chi connectivity index (χ3v) is 5.88. The first kappa shape index (κ1) is 25.5. The lowest BCUT2D eigenvalue weighted by Gasteiger charge is -2.32. The summed E-state index contributed by atoms with van der Waals surface area (Å²) in [6.45, 7) is 11.3. The number of nitrogens with zero attached hydrogens (tertiary/aromatic N) is 4. The summed E-state index contributed by atoms with van der Waals surface area (Å²) >= 11 is 0. The number of allylic oxidation sites excluding steroid dienone is 4. The number of carbonyl (C=O) groups excluding carboxylic acids is 1. The molecule has 0 aliphatic carbocycles. The van der Waals surface area contributed by atoms with Crippen molar-refractivity contribution in [3.8, 4) is 0 Å². The van der Waals surface area contributed by atoms with Gasteiger partial charge in [-0.3, -0.25) is 4.79 Å². The Morgan fingerprint density at radius 3 is 2.66 bits per heavy atom. The molecule has 0 aromatic carbocycles. The summed E-state index contributed by atoms with van der Waals surface area (Å²) in [5.74, 6) is 0.917. The molecule has 2 N–H and O–H groups in total. The Kier molecular flexibility index (Phi) is 9.78. The molecule has 7 nitrogen and oxygen atoms in total. The van der Waals surface area contributed by atoms with Gasteiger partial charge in [0, 0.05) is 31.3 Å². The van der Waals surface area contributed by atoms with Gasteiger partial charge in [0.2, 0.25) is 0 Å². The monoisotopic (exact) mass is 439 g/mol. The summed E-state index contributed by atoms with van der Waals surface area (Å²) < 4.78 is 0. The molecule has 2 heterocycles. The van der Waals surface area contributed by atoms with Crippen LogP contribution in [-0.2, 0) is 4.79 Å². The van der Waals surface area contributed by atoms with E-state index in [4.69, 9.17) is 0 Å². The molecule has 0 saturated carbocycles. The second-order valence-electron chi connectivity index (χ2n) is 8.56. The zero-order chi connectivity index (χ0) is 23.6. The number of carbonyl (C=O) groups is 1. The Morgan fingerprint density at radius 2 is 1.97 bits per heavy atom. The molecule has 1 aliphatic rings. The van der Waals surface area contributed by atoms with Crippen LogP contribution in [0.2, 0.25) is 0 Å². The third-order valence-electron chi connectivity index (χ3n) is 5.88. The quantitative estimate of drug-likeness (QED) is 0.561. The van der Waals surface area contributed by atoms with Crippen LogP contribution < -0.4 is 10.2 Å². The molecule has 0 fully saturated rings. The highest BCUT2D eigenvalue weighted by Crippen LogP contribution is 2.33. The molecule has 1 aliphatic heterocycles. The third kappa shape index (κ3) is 7.12. The van der Waals surface area contributed by atoms with Gasteiger partial charge >= 0.3 is 0 Å². The molecule has 0 radical (unpaired) electrons. The molecule has 1 atom stereocenters. The van der Waals surface area contributed by atoms with Crippen molar-refractivity contribution in [2.24, 2.45) is 16.3 Å². The highest BCUT2D eigenvalue weighted by atomic mass is 16.3. The van der Waals surface area contributed by atoms with Gasteiger partial charge in [-0.05, 0) is 32.3 Å². The fourth-order valence-electron chi connectivity index (χ4n) is 3.58. The van der Waals surface area contributed by atoms with Gasteiger partial charge in [0.1, 0.15) is 17.7 Å². The minimum absolute atomic E-state index is 0.0890. The minimum atomic E-state index is -0.269. The van der Waals surface area contributed by atoms with Crippen molar-refractivity contribution in [2.75, 3.05) is 24.6 Å². The SMILES string of the molecule is CCC(CC)CNC(=O)/C(C)=N/c1c(C)ncnc1N1/C=C/C=C\C=C\C(C)(CCO)C1. The second kappa shape index (κ2) is 12.3. The Labute approximate surface area is 192 Å². The number of rotatable bonds is 9. The smallest absolute Gasteiger partial charge is 0.265 e. The van der Waals surface area contributed by atoms with Crippen LogP contribution in [0.15, 0.2) is 47.9 Å². The van der Waals surface area contributed by atoms with Crippen molar-refractivity contribution in [1.82, 2.24) is 15.3 Å². The van der Waals surface area contributed by atoms with E-state index in [2.05, 4.69) is 47.1 Å². The molecular formula is C25H37N5O2. The van der Waals surface area contributed by atoms with Gasteiger partial charge in [-0.15, -0.1) is 0 Å². The molecule has 0 saturated heterocycles. The van der Waals surface area contributed by atoms with Gasteiger partial charge in [-0.2, -0.15) is 0 Å². The maximum atomic E-state index is 12.7. The minimum Gasteiger partial charge on any atom is -0.396 e. The number of aliphatic imine (C=N–C) groups is 1. The predicted octanol–water partition coefficient (Wildman–Crippen LogP) is 4.26. The van der Waals surface area contributed by atoms with Gasteiger partial charge in [0.25, 0.3) is 5.91 Å². The number of aliphatic hydroxyl groups is 1. The summed E-state index contributed by atoms with van der Waals surface area (Å²) in [4.78, 5) is 28.2. The molecule has 0 spiro atoms. The molecule has 1 amide bonds. The van der Waals surface area contributed by atoms with Crippen molar-refractivity contribution >= 4 is 23.1 Å². The number of hydrogen-bond donors (Lipinski definition) is 2. The van der Waals surface area contributed by atoms with E-state index in [1.54, 1.807) is 6.92 Å². The maximum absolute atomic E-state index is 12.7. The van der Waals surface area contributed by atoms with E-state index < -0.39 is 0 Å². The number of anilines is 1. The zero-order valence-electron chi connectivity index (χ0n) is 20.0. The summed E-state index contributed by atoms with van der Waals surface area (Å²) in [5.41, 5.74) is 1.38. The molecular weight excluding hydrogens is 402 g/mol. The average molecular weight is 440 g/mol. The first-order chi connectivity index (χ1) is 15.3. The largest absolute Gasteiger partial charge is 0.396 e. The lowest BCUT2D eigenvalue weighted by atomic mass is 9.86. The zero-order valence-corrected chi connectivity index (χ0v) is 20.0. The molecule has 7 heteroatoms. The van der Waals surface area contributed by atoms with Crippen molar-refractivity contribution in [3.63, 3.8) is 0 Å². The normalized spacial score (nSPS) is 22.1. The number of amides is 1. The maximum Gasteiger partial charge on any atom is 0.265 e. The van der Waals surface area contributed by atoms with Gasteiger partial charge in [-0.1, -0.05) is 57.9 Å². The molecule has 0 bridgehead atoms. The summed E-state index contributed by atoms with van der Waals surface area (Å²) in [6, 6.07) is 0. The number of nitrogens with one attached hydrogen (secondary N) is 1. The Bertz CT molecular complexity index is 886. The van der Waals surface area contributed by atoms with E-state index >= 15 is 0 Å². The van der Waals surface area contributed by atoms with E-state index in [1.807, 2.05) is 42.3 Å². The number of hydrogen-bond acceptors (Lipinski definition) is 6. The fraction of sp³-hybridized carbons (Fsp3) is 0.520. The predicted molar refractivity (Wildman–Crippen MR) is 131 cm³/mol. The van der Waals surface area contributed by atoms with Crippen LogP contribution in [0.3, 0.4) is 0 Å². The van der Waals surface area contributed by atoms with Crippen LogP contribution in [0.1, 0.15) is 52.7 Å². The van der Waals surface area contributed by atoms with Crippen LogP contribution in [-0.4, -0.2) is 46.4 Å². The molecule has 32 heavy (non-hydrogen) atoms. The van der Waals surface area contributed by atoms with Crippen LogP contribution in [0.5, 0.6) is 0 Å². The van der Waals surface area contributed by atoms with E-state index in [0.29, 0.717) is 48.3 Å². The molecule has 1 aromatic rings. The van der Waals surface area contributed by atoms with Crippen molar-refractivity contribution in [2.45, 2.75) is 53.9 Å². The lowest BCUT2D eigenvalue weighted by molar-refractivity contribution is -0.115. The second-order valence-corrected chi connectivity index (χ2v) is 8.56. The van der Waals surface area contributed by atoms with Crippen LogP contribution in [0.4, 0.5) is 11.5 Å². The van der Waals surface area contributed by atoms with Gasteiger partial charge < -0.3 is 15.3 Å². The summed E-state index contributed by atoms with van der Waals surface area (Å²) in [5, 5.41) is 12.6. The number of aromatic nitrogens is 2. The van der Waals surface area contributed by atoms with Crippen LogP contribution in [0, 0.1) is 18.3 Å². The van der Waals surface area contributed by atoms with E-state index in [-0.39, 0.29) is 17.9 Å². The topological polar surface area (TPSA) is 90.7 Å². The van der Waals surface area contributed by atoms with E-state index in [0.717, 1.165) is 12.8 Å². The van der Waals surface area contributed by atoms with E-state index in [9.17, 15) is 9.90 Å². The average Bonchev–Trinajstić information content (AvgIpc) is 2.86. The van der Waals surface area contributed by atoms with Crippen LogP contribution in [0.25, 0.3) is 0 Å². The summed E-state index contributed by atoms with van der Waals surface area (Å²) in [7, 11) is 0. The van der Waals surface area contributed by atoms with Gasteiger partial charge in [0.05, 0.1) is 5.69 Å². The first-order valence-electron chi connectivity index (χ1n) is 11.4. The molecule has 2 rings (SSSR count). The standard InChI is InChI=1S/C25H37N5O2/c1-6-21(7-2)16-26-24(32)20(4)29-22-19(3)27-18-28-23(22)30-14-11-9-8-10-12-25(5,17-30)13-15-31/h8-12,14,18,21,31H,6-7,13,15-17H2,1-5H3,(H,26,32)/b9-8-,12-10+,14-11+,29-20+. The van der Waals surface area contributed by atoms with Crippen molar-refractivity contribution < 1.29 is 9.90 Å². The Morgan fingerprint density at radius 1 is 1.25 bits per heavy atom. The Balaban J connectivity index is 2.38. The highest BCUT2D eigenvalue weighted by Gasteiger charge is 2.26. The lowest BCUT2D eigenvalue weighted by Crippen LogP contribution is -2.34. The molecule has 1 aromatic heterocycles. The van der Waals surface area contributed by atoms with Gasteiger partial charge in [-0.25, -0.2) is 15.0 Å². The van der Waals surface area contributed by atoms with Gasteiger partial charge in [0.15, 0.2) is 5.82 Å². The van der Waals surface area contributed by atoms with Crippen molar-refractivity contribution in [3.05, 3.63) is 48.6 Å². The van der Waals surface area contributed by atoms with Crippen LogP contribution >= 0.6 is 0 Å². The van der Waals surface area contributed by atoms with E-state index in [1.165, 1.54) is 6.33 Å².